The van der Waals surface area contributed by atoms with Crippen LogP contribution in [0.3, 0.4) is 0 Å². The number of hydrogen-bond acceptors (Lipinski definition) is 5. The Morgan fingerprint density at radius 1 is 1.11 bits per heavy atom. The molecule has 3 aliphatic rings. The van der Waals surface area contributed by atoms with Gasteiger partial charge in [0.05, 0.1) is 32.3 Å². The van der Waals surface area contributed by atoms with Crippen LogP contribution in [0, 0.1) is 17.8 Å². The fourth-order valence-corrected chi connectivity index (χ4v) is 4.67. The number of fused-ring (bicyclic) bond motifs is 1. The third-order valence-corrected chi connectivity index (χ3v) is 6.19. The van der Waals surface area contributed by atoms with Crippen molar-refractivity contribution in [2.45, 2.75) is 64.3 Å². The molecule has 1 aliphatic carbocycles. The molecule has 2 aliphatic heterocycles. The highest BCUT2D eigenvalue weighted by molar-refractivity contribution is 6.40. The first kappa shape index (κ1) is 25.3. The molecule has 3 fully saturated rings. The number of nitrogens with zero attached hydrogens (tertiary/aromatic N) is 1. The van der Waals surface area contributed by atoms with Gasteiger partial charge in [-0.1, -0.05) is 30.8 Å². The predicted octanol–water partition coefficient (Wildman–Crippen LogP) is 2.33. The van der Waals surface area contributed by atoms with Gasteiger partial charge in [-0.3, -0.25) is 0 Å². The van der Waals surface area contributed by atoms with E-state index in [4.69, 9.17) is 49.2 Å². The summed E-state index contributed by atoms with van der Waals surface area (Å²) in [6.45, 7) is 7.29. The van der Waals surface area contributed by atoms with Gasteiger partial charge in [-0.15, -0.1) is 0 Å². The summed E-state index contributed by atoms with van der Waals surface area (Å²) in [7, 11) is 13.1. The van der Waals surface area contributed by atoms with Crippen molar-refractivity contribution >= 4 is 27.3 Å². The number of likely N-dealkylation sites (tertiary alicyclic amines) is 1. The SMILES string of the molecule is C.NC(N)=C/C=C(\N)Cl.[B]C([B])(C1CCOC(C)(C)C1)N1CC2CCCC2C1. The van der Waals surface area contributed by atoms with Crippen LogP contribution in [-0.4, -0.2) is 51.2 Å². The number of nitrogens with two attached hydrogens (primary N) is 3. The molecule has 2 saturated heterocycles. The Hall–Kier alpha value is -0.780. The second kappa shape index (κ2) is 10.3. The zero-order valence-electron chi connectivity index (χ0n) is 16.7. The third-order valence-electron chi connectivity index (χ3n) is 6.06. The Balaban J connectivity index is 0.000000376. The van der Waals surface area contributed by atoms with E-state index in [0.717, 1.165) is 44.4 Å². The molecule has 0 aromatic heterocycles. The number of ether oxygens (including phenoxy) is 1. The van der Waals surface area contributed by atoms with Crippen LogP contribution in [-0.2, 0) is 4.74 Å². The zero-order valence-corrected chi connectivity index (χ0v) is 17.4. The molecule has 28 heavy (non-hydrogen) atoms. The molecule has 156 valence electrons. The van der Waals surface area contributed by atoms with E-state index in [2.05, 4.69) is 18.7 Å². The first-order chi connectivity index (χ1) is 12.5. The molecule has 8 heteroatoms. The van der Waals surface area contributed by atoms with E-state index < -0.39 is 5.34 Å². The fraction of sp³-hybridized carbons (Fsp3) is 0.800. The van der Waals surface area contributed by atoms with E-state index in [1.807, 2.05) is 0 Å². The maximum Gasteiger partial charge on any atom is 0.0993 e. The summed E-state index contributed by atoms with van der Waals surface area (Å²) < 4.78 is 5.80. The molecule has 5 nitrogen and oxygen atoms in total. The molecule has 0 aromatic carbocycles. The first-order valence-electron chi connectivity index (χ1n) is 9.82. The Morgan fingerprint density at radius 2 is 1.68 bits per heavy atom. The van der Waals surface area contributed by atoms with Gasteiger partial charge >= 0.3 is 0 Å². The van der Waals surface area contributed by atoms with Crippen molar-refractivity contribution in [2.75, 3.05) is 19.7 Å². The van der Waals surface area contributed by atoms with Crippen molar-refractivity contribution in [3.8, 4) is 0 Å². The number of rotatable bonds is 3. The molecule has 4 radical (unpaired) electrons. The second-order valence-electron chi connectivity index (χ2n) is 8.76. The number of hydrogen-bond donors (Lipinski definition) is 3. The predicted molar refractivity (Wildman–Crippen MR) is 121 cm³/mol. The lowest BCUT2D eigenvalue weighted by Gasteiger charge is -2.49. The number of allylic oxidation sites excluding steroid dienone is 2. The normalized spacial score (nSPS) is 29.8. The van der Waals surface area contributed by atoms with Gasteiger partial charge in [-0.05, 0) is 69.4 Å². The lowest BCUT2D eigenvalue weighted by Crippen LogP contribution is -2.57. The molecule has 0 bridgehead atoms. The van der Waals surface area contributed by atoms with Crippen molar-refractivity contribution < 1.29 is 4.74 Å². The van der Waals surface area contributed by atoms with E-state index in [1.54, 1.807) is 0 Å². The topological polar surface area (TPSA) is 90.5 Å². The minimum absolute atomic E-state index is 0. The average molecular weight is 407 g/mol. The molecule has 6 N–H and O–H groups in total. The second-order valence-corrected chi connectivity index (χ2v) is 9.20. The maximum atomic E-state index is 6.57. The summed E-state index contributed by atoms with van der Waals surface area (Å²) in [5, 5.41) is -0.482. The van der Waals surface area contributed by atoms with E-state index in [0.29, 0.717) is 5.92 Å². The van der Waals surface area contributed by atoms with Crippen molar-refractivity contribution in [3.05, 3.63) is 23.1 Å². The van der Waals surface area contributed by atoms with E-state index in [1.165, 1.54) is 31.4 Å². The van der Waals surface area contributed by atoms with E-state index in [-0.39, 0.29) is 24.0 Å². The molecular formula is C20H37B2ClN4O. The molecule has 0 aromatic rings. The molecule has 0 spiro atoms. The van der Waals surface area contributed by atoms with Crippen LogP contribution in [0.5, 0.6) is 0 Å². The molecule has 2 heterocycles. The summed E-state index contributed by atoms with van der Waals surface area (Å²) in [6.07, 6.45) is 8.93. The van der Waals surface area contributed by atoms with Gasteiger partial charge in [-0.2, -0.15) is 0 Å². The van der Waals surface area contributed by atoms with Crippen LogP contribution in [0.15, 0.2) is 23.1 Å². The van der Waals surface area contributed by atoms with Gasteiger partial charge < -0.3 is 26.8 Å². The number of halogens is 1. The van der Waals surface area contributed by atoms with Crippen molar-refractivity contribution in [2.24, 2.45) is 35.0 Å². The van der Waals surface area contributed by atoms with Crippen molar-refractivity contribution in [1.29, 1.82) is 0 Å². The minimum Gasteiger partial charge on any atom is -0.389 e. The quantitative estimate of drug-likeness (QED) is 0.380. The van der Waals surface area contributed by atoms with E-state index >= 15 is 0 Å². The Bertz CT molecular complexity index is 532. The van der Waals surface area contributed by atoms with Gasteiger partial charge in [0.15, 0.2) is 0 Å². The molecule has 0 amide bonds. The zero-order chi connectivity index (χ0) is 20.2. The smallest absolute Gasteiger partial charge is 0.0993 e. The summed E-state index contributed by atoms with van der Waals surface area (Å²) in [4.78, 5) is 2.37. The van der Waals surface area contributed by atoms with Gasteiger partial charge in [0.1, 0.15) is 0 Å². The monoisotopic (exact) mass is 406 g/mol. The van der Waals surface area contributed by atoms with Crippen LogP contribution in [0.4, 0.5) is 0 Å². The minimum atomic E-state index is -0.647. The first-order valence-corrected chi connectivity index (χ1v) is 10.2. The summed E-state index contributed by atoms with van der Waals surface area (Å²) in [5.41, 5.74) is 15.0. The highest BCUT2D eigenvalue weighted by Gasteiger charge is 2.45. The molecule has 3 atom stereocenters. The summed E-state index contributed by atoms with van der Waals surface area (Å²) in [6, 6.07) is 0. The standard InChI is InChI=1S/C15H25B2NO.C4H8ClN3.CH4/c1-14(2)8-13(6-7-19-14)15(16,17)18-9-11-4-3-5-12(11)10-18;5-3(6)1-2-4(7)8;/h11-13H,3-10H2,1-2H3;1-2H,6-8H2;1H4/b;3-1-;. The van der Waals surface area contributed by atoms with Gasteiger partial charge in [0, 0.05) is 19.7 Å². The largest absolute Gasteiger partial charge is 0.389 e. The lowest BCUT2D eigenvalue weighted by molar-refractivity contribution is -0.0837. The summed E-state index contributed by atoms with van der Waals surface area (Å²) in [5.74, 6) is 2.22. The van der Waals surface area contributed by atoms with Crippen LogP contribution in [0.25, 0.3) is 0 Å². The lowest BCUT2D eigenvalue weighted by atomic mass is 9.51. The average Bonchev–Trinajstić information content (AvgIpc) is 3.14. The van der Waals surface area contributed by atoms with Crippen LogP contribution in [0.1, 0.15) is 53.4 Å². The Labute approximate surface area is 179 Å². The van der Waals surface area contributed by atoms with Gasteiger partial charge in [0.2, 0.25) is 0 Å². The van der Waals surface area contributed by atoms with Crippen molar-refractivity contribution in [1.82, 2.24) is 4.90 Å². The molecule has 3 unspecified atom stereocenters. The third kappa shape index (κ3) is 6.93. The van der Waals surface area contributed by atoms with Gasteiger partial charge in [-0.25, -0.2) is 0 Å². The molecule has 3 rings (SSSR count). The van der Waals surface area contributed by atoms with Crippen LogP contribution >= 0.6 is 11.6 Å². The van der Waals surface area contributed by atoms with Crippen LogP contribution in [0.2, 0.25) is 0 Å². The maximum absolute atomic E-state index is 6.57. The Kier molecular flexibility index (Phi) is 9.30. The highest BCUT2D eigenvalue weighted by atomic mass is 35.5. The van der Waals surface area contributed by atoms with Gasteiger partial charge in [0.25, 0.3) is 0 Å². The Morgan fingerprint density at radius 3 is 2.11 bits per heavy atom. The molecule has 1 saturated carbocycles. The molecular weight excluding hydrogens is 369 g/mol. The van der Waals surface area contributed by atoms with Crippen molar-refractivity contribution in [3.63, 3.8) is 0 Å². The highest BCUT2D eigenvalue weighted by Crippen LogP contribution is 2.43. The summed E-state index contributed by atoms with van der Waals surface area (Å²) >= 11 is 5.21. The van der Waals surface area contributed by atoms with Crippen LogP contribution < -0.4 is 17.2 Å². The van der Waals surface area contributed by atoms with E-state index in [9.17, 15) is 0 Å². The fourth-order valence-electron chi connectivity index (χ4n) is 4.61.